The zero-order chi connectivity index (χ0) is 25.3. The van der Waals surface area contributed by atoms with Gasteiger partial charge in [-0.3, -0.25) is 9.59 Å². The van der Waals surface area contributed by atoms with Gasteiger partial charge in [0.1, 0.15) is 5.75 Å². The summed E-state index contributed by atoms with van der Waals surface area (Å²) in [6.07, 6.45) is 1.84. The minimum absolute atomic E-state index is 0.105. The quantitative estimate of drug-likeness (QED) is 0.409. The predicted octanol–water partition coefficient (Wildman–Crippen LogP) is 3.88. The highest BCUT2D eigenvalue weighted by molar-refractivity contribution is 7.90. The summed E-state index contributed by atoms with van der Waals surface area (Å²) in [5, 5.41) is 2.98. The SMILES string of the molecule is CN(CCCOc1cccc(S(C)(=O)=O)c1)C(=O)CC(NC(=O)c1ccccc1)c1ccccc1. The number of sulfone groups is 1. The standard InChI is InChI=1S/C27H30N2O5S/c1-29(17-10-18-34-23-15-9-16-24(19-23)35(2,32)33)26(30)20-25(21-11-5-3-6-12-21)28-27(31)22-13-7-4-8-14-22/h3-9,11-16,19,25H,10,17-18,20H2,1-2H3,(H,28,31). The van der Waals surface area contributed by atoms with Crippen molar-refractivity contribution in [3.05, 3.63) is 96.1 Å². The van der Waals surface area contributed by atoms with E-state index >= 15 is 0 Å². The average molecular weight is 495 g/mol. The van der Waals surface area contributed by atoms with Crippen molar-refractivity contribution in [3.63, 3.8) is 0 Å². The van der Waals surface area contributed by atoms with Crippen molar-refractivity contribution in [2.45, 2.75) is 23.8 Å². The molecule has 0 aliphatic carbocycles. The van der Waals surface area contributed by atoms with Crippen molar-refractivity contribution in [1.29, 1.82) is 0 Å². The number of hydrogen-bond acceptors (Lipinski definition) is 5. The van der Waals surface area contributed by atoms with Crippen LogP contribution in [0.15, 0.2) is 89.8 Å². The second-order valence-electron chi connectivity index (χ2n) is 8.27. The summed E-state index contributed by atoms with van der Waals surface area (Å²) in [5.74, 6) is 0.126. The molecule has 8 heteroatoms. The van der Waals surface area contributed by atoms with Gasteiger partial charge in [-0.2, -0.15) is 0 Å². The number of carbonyl (C=O) groups is 2. The fraction of sp³-hybridized carbons (Fsp3) is 0.259. The number of benzene rings is 3. The van der Waals surface area contributed by atoms with Crippen molar-refractivity contribution in [2.24, 2.45) is 0 Å². The first-order valence-electron chi connectivity index (χ1n) is 11.3. The second-order valence-corrected chi connectivity index (χ2v) is 10.3. The Hall–Kier alpha value is -3.65. The highest BCUT2D eigenvalue weighted by atomic mass is 32.2. The molecule has 184 valence electrons. The molecule has 3 rings (SSSR count). The van der Waals surface area contributed by atoms with Crippen LogP contribution in [0, 0.1) is 0 Å². The Bertz CT molecular complexity index is 1230. The van der Waals surface area contributed by atoms with Gasteiger partial charge in [0.15, 0.2) is 9.84 Å². The van der Waals surface area contributed by atoms with Gasteiger partial charge in [0, 0.05) is 25.4 Å². The van der Waals surface area contributed by atoms with Crippen LogP contribution in [0.25, 0.3) is 0 Å². The van der Waals surface area contributed by atoms with Crippen LogP contribution in [0.3, 0.4) is 0 Å². The van der Waals surface area contributed by atoms with Crippen LogP contribution in [0.5, 0.6) is 5.75 Å². The molecular formula is C27H30N2O5S. The summed E-state index contributed by atoms with van der Waals surface area (Å²) in [6, 6.07) is 24.2. The molecule has 0 fully saturated rings. The largest absolute Gasteiger partial charge is 0.493 e. The second kappa shape index (κ2) is 12.2. The summed E-state index contributed by atoms with van der Waals surface area (Å²) < 4.78 is 29.0. The molecule has 0 spiro atoms. The van der Waals surface area contributed by atoms with E-state index in [1.807, 2.05) is 36.4 Å². The summed E-state index contributed by atoms with van der Waals surface area (Å²) >= 11 is 0. The van der Waals surface area contributed by atoms with Gasteiger partial charge in [0.2, 0.25) is 5.91 Å². The van der Waals surface area contributed by atoms with Crippen molar-refractivity contribution < 1.29 is 22.7 Å². The van der Waals surface area contributed by atoms with E-state index in [-0.39, 0.29) is 23.1 Å². The van der Waals surface area contributed by atoms with Crippen LogP contribution < -0.4 is 10.1 Å². The topological polar surface area (TPSA) is 92.8 Å². The Morgan fingerprint density at radius 3 is 2.26 bits per heavy atom. The molecular weight excluding hydrogens is 464 g/mol. The lowest BCUT2D eigenvalue weighted by Crippen LogP contribution is -2.35. The van der Waals surface area contributed by atoms with Gasteiger partial charge in [-0.05, 0) is 42.3 Å². The molecule has 1 N–H and O–H groups in total. The number of rotatable bonds is 11. The molecule has 0 heterocycles. The van der Waals surface area contributed by atoms with Gasteiger partial charge in [0.25, 0.3) is 5.91 Å². The molecule has 3 aromatic carbocycles. The van der Waals surface area contributed by atoms with E-state index in [2.05, 4.69) is 5.32 Å². The molecule has 7 nitrogen and oxygen atoms in total. The third-order valence-electron chi connectivity index (χ3n) is 5.49. The van der Waals surface area contributed by atoms with E-state index in [0.717, 1.165) is 11.8 Å². The molecule has 0 saturated heterocycles. The monoisotopic (exact) mass is 494 g/mol. The van der Waals surface area contributed by atoms with Crippen molar-refractivity contribution in [2.75, 3.05) is 26.5 Å². The molecule has 0 aliphatic heterocycles. The number of amides is 2. The third-order valence-corrected chi connectivity index (χ3v) is 6.60. The Kier molecular flexibility index (Phi) is 9.03. The van der Waals surface area contributed by atoms with E-state index in [0.29, 0.717) is 30.9 Å². The molecule has 2 amide bonds. The Morgan fingerprint density at radius 2 is 1.60 bits per heavy atom. The zero-order valence-corrected chi connectivity index (χ0v) is 20.7. The molecule has 1 atom stereocenters. The van der Waals surface area contributed by atoms with Gasteiger partial charge in [0.05, 0.1) is 24.0 Å². The van der Waals surface area contributed by atoms with Crippen LogP contribution in [0.1, 0.15) is 34.8 Å². The van der Waals surface area contributed by atoms with Gasteiger partial charge in [-0.25, -0.2) is 8.42 Å². The van der Waals surface area contributed by atoms with Crippen LogP contribution in [-0.4, -0.2) is 51.6 Å². The lowest BCUT2D eigenvalue weighted by Gasteiger charge is -2.23. The summed E-state index contributed by atoms with van der Waals surface area (Å²) in [6.45, 7) is 0.788. The van der Waals surface area contributed by atoms with Gasteiger partial charge in [-0.15, -0.1) is 0 Å². The number of carbonyl (C=O) groups excluding carboxylic acids is 2. The average Bonchev–Trinajstić information content (AvgIpc) is 2.86. The smallest absolute Gasteiger partial charge is 0.251 e. The lowest BCUT2D eigenvalue weighted by molar-refractivity contribution is -0.130. The van der Waals surface area contributed by atoms with Crippen LogP contribution in [-0.2, 0) is 14.6 Å². The fourth-order valence-corrected chi connectivity index (χ4v) is 4.17. The predicted molar refractivity (Wildman–Crippen MR) is 135 cm³/mol. The van der Waals surface area contributed by atoms with Gasteiger partial charge in [-0.1, -0.05) is 54.6 Å². The van der Waals surface area contributed by atoms with E-state index in [1.54, 1.807) is 48.3 Å². The molecule has 3 aromatic rings. The number of ether oxygens (including phenoxy) is 1. The van der Waals surface area contributed by atoms with E-state index in [9.17, 15) is 18.0 Å². The summed E-state index contributed by atoms with van der Waals surface area (Å²) in [4.78, 5) is 27.5. The highest BCUT2D eigenvalue weighted by Crippen LogP contribution is 2.20. The first-order chi connectivity index (χ1) is 16.7. The maximum atomic E-state index is 12.9. The van der Waals surface area contributed by atoms with E-state index in [1.165, 1.54) is 12.1 Å². The first kappa shape index (κ1) is 26.0. The van der Waals surface area contributed by atoms with E-state index in [4.69, 9.17) is 4.74 Å². The van der Waals surface area contributed by atoms with Crippen molar-refractivity contribution in [3.8, 4) is 5.75 Å². The minimum atomic E-state index is -3.30. The molecule has 0 aliphatic rings. The number of nitrogens with zero attached hydrogens (tertiary/aromatic N) is 1. The Balaban J connectivity index is 1.55. The van der Waals surface area contributed by atoms with E-state index < -0.39 is 15.9 Å². The Morgan fingerprint density at radius 1 is 0.943 bits per heavy atom. The van der Waals surface area contributed by atoms with Crippen molar-refractivity contribution in [1.82, 2.24) is 10.2 Å². The number of hydrogen-bond donors (Lipinski definition) is 1. The highest BCUT2D eigenvalue weighted by Gasteiger charge is 2.21. The Labute approximate surface area is 206 Å². The molecule has 0 aromatic heterocycles. The van der Waals surface area contributed by atoms with Crippen LogP contribution in [0.4, 0.5) is 0 Å². The fourth-order valence-electron chi connectivity index (χ4n) is 3.51. The lowest BCUT2D eigenvalue weighted by atomic mass is 10.0. The van der Waals surface area contributed by atoms with Gasteiger partial charge >= 0.3 is 0 Å². The number of nitrogens with one attached hydrogen (secondary N) is 1. The molecule has 0 bridgehead atoms. The minimum Gasteiger partial charge on any atom is -0.493 e. The summed E-state index contributed by atoms with van der Waals surface area (Å²) in [5.41, 5.74) is 1.39. The maximum Gasteiger partial charge on any atom is 0.251 e. The molecule has 0 saturated carbocycles. The normalized spacial score (nSPS) is 11.9. The molecule has 1 unspecified atom stereocenters. The van der Waals surface area contributed by atoms with Gasteiger partial charge < -0.3 is 15.0 Å². The maximum absolute atomic E-state index is 12.9. The van der Waals surface area contributed by atoms with Crippen LogP contribution >= 0.6 is 0 Å². The van der Waals surface area contributed by atoms with Crippen LogP contribution in [0.2, 0.25) is 0 Å². The zero-order valence-electron chi connectivity index (χ0n) is 19.9. The summed E-state index contributed by atoms with van der Waals surface area (Å²) in [7, 11) is -1.59. The third kappa shape index (κ3) is 7.96. The molecule has 35 heavy (non-hydrogen) atoms. The first-order valence-corrected chi connectivity index (χ1v) is 13.2. The van der Waals surface area contributed by atoms with Crippen molar-refractivity contribution >= 4 is 21.7 Å². The molecule has 0 radical (unpaired) electrons.